The van der Waals surface area contributed by atoms with Gasteiger partial charge in [0, 0.05) is 30.9 Å². The highest BCUT2D eigenvalue weighted by Gasteiger charge is 2.35. The van der Waals surface area contributed by atoms with Crippen molar-refractivity contribution in [3.8, 4) is 5.75 Å². The number of aromatic amines is 1. The Bertz CT molecular complexity index is 684. The molecule has 0 saturated carbocycles. The van der Waals surface area contributed by atoms with Crippen LogP contribution in [0.3, 0.4) is 0 Å². The smallest absolute Gasteiger partial charge is 0.229 e. The maximum Gasteiger partial charge on any atom is 0.229 e. The van der Waals surface area contributed by atoms with E-state index in [0.717, 1.165) is 5.69 Å². The number of H-pyrrole nitrogens is 1. The quantitative estimate of drug-likeness (QED) is 0.893. The summed E-state index contributed by atoms with van der Waals surface area (Å²) in [5, 5.41) is 9.14. The Morgan fingerprint density at radius 2 is 2.36 bits per heavy atom. The van der Waals surface area contributed by atoms with Crippen LogP contribution in [0.25, 0.3) is 0 Å². The molecule has 3 rings (SSSR count). The number of benzene rings is 1. The van der Waals surface area contributed by atoms with Crippen molar-refractivity contribution in [3.63, 3.8) is 0 Å². The van der Waals surface area contributed by atoms with Gasteiger partial charge in [0.2, 0.25) is 11.8 Å². The Balaban J connectivity index is 1.71. The molecular formula is C15H16N4O3. The van der Waals surface area contributed by atoms with Crippen molar-refractivity contribution in [2.45, 2.75) is 6.42 Å². The zero-order valence-electron chi connectivity index (χ0n) is 12.1. The number of nitrogens with zero attached hydrogens (tertiary/aromatic N) is 2. The number of hydrogen-bond acceptors (Lipinski definition) is 4. The molecule has 2 amide bonds. The second-order valence-electron chi connectivity index (χ2n) is 5.08. The van der Waals surface area contributed by atoms with E-state index in [4.69, 9.17) is 4.74 Å². The van der Waals surface area contributed by atoms with Gasteiger partial charge in [-0.05, 0) is 12.1 Å². The van der Waals surface area contributed by atoms with Gasteiger partial charge in [-0.25, -0.2) is 0 Å². The van der Waals surface area contributed by atoms with Crippen LogP contribution < -0.4 is 15.0 Å². The average molecular weight is 300 g/mol. The largest absolute Gasteiger partial charge is 0.497 e. The van der Waals surface area contributed by atoms with Gasteiger partial charge >= 0.3 is 0 Å². The second kappa shape index (κ2) is 5.88. The number of carbonyl (C=O) groups excluding carboxylic acids is 2. The highest BCUT2D eigenvalue weighted by molar-refractivity contribution is 6.03. The van der Waals surface area contributed by atoms with E-state index < -0.39 is 0 Å². The lowest BCUT2D eigenvalue weighted by molar-refractivity contribution is -0.122. The molecule has 0 radical (unpaired) electrons. The molecule has 1 aromatic carbocycles. The minimum atomic E-state index is -0.381. The fourth-order valence-electron chi connectivity index (χ4n) is 2.47. The third-order valence-electron chi connectivity index (χ3n) is 3.63. The molecule has 0 bridgehead atoms. The van der Waals surface area contributed by atoms with Crippen LogP contribution in [0.4, 0.5) is 11.4 Å². The number of amides is 2. The summed E-state index contributed by atoms with van der Waals surface area (Å²) in [5.74, 6) is 0.0472. The Morgan fingerprint density at radius 3 is 3.09 bits per heavy atom. The van der Waals surface area contributed by atoms with E-state index in [1.54, 1.807) is 24.3 Å². The molecule has 0 aliphatic carbocycles. The van der Waals surface area contributed by atoms with E-state index in [9.17, 15) is 9.59 Å². The van der Waals surface area contributed by atoms with Crippen LogP contribution in [0.1, 0.15) is 6.42 Å². The highest BCUT2D eigenvalue weighted by atomic mass is 16.5. The van der Waals surface area contributed by atoms with Gasteiger partial charge in [0.1, 0.15) is 5.75 Å². The molecule has 0 spiro atoms. The van der Waals surface area contributed by atoms with E-state index in [0.29, 0.717) is 18.0 Å². The number of methoxy groups -OCH3 is 1. The van der Waals surface area contributed by atoms with Crippen molar-refractivity contribution in [2.75, 3.05) is 23.9 Å². The molecule has 7 nitrogen and oxygen atoms in total. The fraction of sp³-hybridized carbons (Fsp3) is 0.267. The molecule has 1 aliphatic rings. The van der Waals surface area contributed by atoms with Crippen LogP contribution in [0.2, 0.25) is 0 Å². The maximum atomic E-state index is 12.2. The fourth-order valence-corrected chi connectivity index (χ4v) is 2.47. The van der Waals surface area contributed by atoms with Crippen LogP contribution >= 0.6 is 0 Å². The number of rotatable bonds is 4. The molecule has 1 atom stereocenters. The summed E-state index contributed by atoms with van der Waals surface area (Å²) in [6, 6.07) is 7.25. The molecule has 114 valence electrons. The summed E-state index contributed by atoms with van der Waals surface area (Å²) < 4.78 is 5.17. The molecule has 7 heteroatoms. The summed E-state index contributed by atoms with van der Waals surface area (Å²) >= 11 is 0. The van der Waals surface area contributed by atoms with Gasteiger partial charge in [-0.3, -0.25) is 14.7 Å². The zero-order valence-corrected chi connectivity index (χ0v) is 12.1. The van der Waals surface area contributed by atoms with Gasteiger partial charge in [0.25, 0.3) is 0 Å². The van der Waals surface area contributed by atoms with E-state index in [1.807, 2.05) is 18.2 Å². The van der Waals surface area contributed by atoms with Crippen molar-refractivity contribution < 1.29 is 14.3 Å². The van der Waals surface area contributed by atoms with E-state index in [2.05, 4.69) is 15.5 Å². The number of anilines is 2. The van der Waals surface area contributed by atoms with Crippen LogP contribution in [0, 0.1) is 5.92 Å². The first-order valence-corrected chi connectivity index (χ1v) is 6.91. The summed E-state index contributed by atoms with van der Waals surface area (Å²) in [7, 11) is 1.58. The Morgan fingerprint density at radius 1 is 1.50 bits per heavy atom. The number of ether oxygens (including phenoxy) is 1. The summed E-state index contributed by atoms with van der Waals surface area (Å²) in [4.78, 5) is 26.0. The molecule has 1 saturated heterocycles. The molecule has 22 heavy (non-hydrogen) atoms. The molecule has 1 unspecified atom stereocenters. The van der Waals surface area contributed by atoms with Crippen LogP contribution in [0.15, 0.2) is 36.7 Å². The molecular weight excluding hydrogens is 284 g/mol. The first-order chi connectivity index (χ1) is 10.7. The van der Waals surface area contributed by atoms with Crippen molar-refractivity contribution >= 4 is 23.2 Å². The van der Waals surface area contributed by atoms with Crippen LogP contribution in [0.5, 0.6) is 5.75 Å². The number of carbonyl (C=O) groups is 2. The maximum absolute atomic E-state index is 12.2. The van der Waals surface area contributed by atoms with Gasteiger partial charge in [-0.15, -0.1) is 0 Å². The molecule has 2 N–H and O–H groups in total. The minimum Gasteiger partial charge on any atom is -0.497 e. The van der Waals surface area contributed by atoms with E-state index in [-0.39, 0.29) is 24.2 Å². The first kappa shape index (κ1) is 14.1. The highest BCUT2D eigenvalue weighted by Crippen LogP contribution is 2.28. The van der Waals surface area contributed by atoms with Gasteiger partial charge < -0.3 is 15.0 Å². The second-order valence-corrected chi connectivity index (χ2v) is 5.08. The van der Waals surface area contributed by atoms with Crippen LogP contribution in [-0.2, 0) is 9.59 Å². The third kappa shape index (κ3) is 2.78. The standard InChI is InChI=1S/C15H16N4O3/c1-22-13-4-2-3-12(6-13)19-9-10(5-14(19)20)15(21)18-11-7-16-17-8-11/h2-4,6-8,10H,5,9H2,1H3,(H,16,17)(H,18,21). The molecule has 2 aromatic rings. The average Bonchev–Trinajstić information content (AvgIpc) is 3.17. The Kier molecular flexibility index (Phi) is 3.78. The van der Waals surface area contributed by atoms with E-state index >= 15 is 0 Å². The van der Waals surface area contributed by atoms with Gasteiger partial charge in [-0.2, -0.15) is 5.10 Å². The normalized spacial score (nSPS) is 17.6. The number of aromatic nitrogens is 2. The van der Waals surface area contributed by atoms with Crippen molar-refractivity contribution in [3.05, 3.63) is 36.7 Å². The molecule has 2 heterocycles. The van der Waals surface area contributed by atoms with E-state index in [1.165, 1.54) is 6.20 Å². The van der Waals surface area contributed by atoms with Crippen molar-refractivity contribution in [2.24, 2.45) is 5.92 Å². The van der Waals surface area contributed by atoms with Crippen molar-refractivity contribution in [1.29, 1.82) is 0 Å². The first-order valence-electron chi connectivity index (χ1n) is 6.91. The predicted molar refractivity (Wildman–Crippen MR) is 80.7 cm³/mol. The Labute approximate surface area is 127 Å². The van der Waals surface area contributed by atoms with Crippen LogP contribution in [-0.4, -0.2) is 35.7 Å². The lowest BCUT2D eigenvalue weighted by Gasteiger charge is -2.17. The minimum absolute atomic E-state index is 0.0689. The number of hydrogen-bond donors (Lipinski definition) is 2. The summed E-state index contributed by atoms with van der Waals surface area (Å²) in [5.41, 5.74) is 1.33. The molecule has 1 aliphatic heterocycles. The summed E-state index contributed by atoms with van der Waals surface area (Å²) in [6.45, 7) is 0.357. The van der Waals surface area contributed by atoms with Gasteiger partial charge in [0.05, 0.1) is 24.9 Å². The molecule has 1 fully saturated rings. The third-order valence-corrected chi connectivity index (χ3v) is 3.63. The van der Waals surface area contributed by atoms with Crippen molar-refractivity contribution in [1.82, 2.24) is 10.2 Å². The lowest BCUT2D eigenvalue weighted by Crippen LogP contribution is -2.28. The SMILES string of the molecule is COc1cccc(N2CC(C(=O)Nc3cn[nH]c3)CC2=O)c1. The molecule has 1 aromatic heterocycles. The summed E-state index contributed by atoms with van der Waals surface area (Å²) in [6.07, 6.45) is 3.31. The lowest BCUT2D eigenvalue weighted by atomic mass is 10.1. The Hall–Kier alpha value is -2.83. The van der Waals surface area contributed by atoms with Gasteiger partial charge in [-0.1, -0.05) is 6.07 Å². The number of nitrogens with one attached hydrogen (secondary N) is 2. The monoisotopic (exact) mass is 300 g/mol. The predicted octanol–water partition coefficient (Wildman–Crippen LogP) is 1.41. The van der Waals surface area contributed by atoms with Gasteiger partial charge in [0.15, 0.2) is 0 Å². The topological polar surface area (TPSA) is 87.3 Å². The zero-order chi connectivity index (χ0) is 15.5.